The fourth-order valence-corrected chi connectivity index (χ4v) is 1.28. The number of furan rings is 1. The molecule has 0 atom stereocenters. The number of aromatic nitrogens is 2. The number of rotatable bonds is 4. The molecule has 0 aliphatic carbocycles. The number of nitrogens with one attached hydrogen (secondary N) is 1. The van der Waals surface area contributed by atoms with Crippen LogP contribution in [0.15, 0.2) is 35.2 Å². The molecule has 0 saturated heterocycles. The van der Waals surface area contributed by atoms with Gasteiger partial charge in [0.15, 0.2) is 0 Å². The number of imidazole rings is 1. The van der Waals surface area contributed by atoms with Crippen LogP contribution in [0, 0.1) is 0 Å². The van der Waals surface area contributed by atoms with Gasteiger partial charge in [0.05, 0.1) is 19.4 Å². The Labute approximate surface area is 82.6 Å². The number of hydrogen-bond acceptors (Lipinski definition) is 3. The Bertz CT molecular complexity index is 378. The lowest BCUT2D eigenvalue weighted by molar-refractivity contribution is 0.478. The van der Waals surface area contributed by atoms with E-state index in [4.69, 9.17) is 4.42 Å². The van der Waals surface area contributed by atoms with Crippen molar-refractivity contribution in [2.45, 2.75) is 13.1 Å². The van der Waals surface area contributed by atoms with E-state index in [1.165, 1.54) is 0 Å². The Morgan fingerprint density at radius 3 is 3.07 bits per heavy atom. The van der Waals surface area contributed by atoms with Gasteiger partial charge in [-0.15, -0.1) is 0 Å². The molecule has 0 amide bonds. The first-order valence-corrected chi connectivity index (χ1v) is 4.55. The number of hydrogen-bond donors (Lipinski definition) is 1. The zero-order valence-corrected chi connectivity index (χ0v) is 8.10. The molecule has 0 saturated carbocycles. The molecule has 2 aromatic heterocycles. The lowest BCUT2D eigenvalue weighted by Gasteiger charge is -2.02. The summed E-state index contributed by atoms with van der Waals surface area (Å²) in [6, 6.07) is 3.84. The van der Waals surface area contributed by atoms with Gasteiger partial charge in [-0.2, -0.15) is 0 Å². The summed E-state index contributed by atoms with van der Waals surface area (Å²) in [5, 5.41) is 3.25. The third-order valence-corrected chi connectivity index (χ3v) is 2.08. The molecule has 2 aromatic rings. The van der Waals surface area contributed by atoms with Crippen molar-refractivity contribution in [2.24, 2.45) is 7.05 Å². The normalized spacial score (nSPS) is 10.6. The highest BCUT2D eigenvalue weighted by Crippen LogP contribution is 1.99. The van der Waals surface area contributed by atoms with Crippen LogP contribution in [0.25, 0.3) is 0 Å². The minimum absolute atomic E-state index is 0.736. The summed E-state index contributed by atoms with van der Waals surface area (Å²) in [5.74, 6) is 1.97. The largest absolute Gasteiger partial charge is 0.468 e. The van der Waals surface area contributed by atoms with E-state index in [0.717, 1.165) is 24.7 Å². The minimum Gasteiger partial charge on any atom is -0.468 e. The van der Waals surface area contributed by atoms with Crippen molar-refractivity contribution in [2.75, 3.05) is 0 Å². The van der Waals surface area contributed by atoms with Crippen molar-refractivity contribution in [1.82, 2.24) is 14.9 Å². The van der Waals surface area contributed by atoms with Gasteiger partial charge in [-0.05, 0) is 12.1 Å². The lowest BCUT2D eigenvalue weighted by atomic mass is 10.4. The maximum absolute atomic E-state index is 5.19. The Morgan fingerprint density at radius 1 is 1.50 bits per heavy atom. The molecule has 0 bridgehead atoms. The molecule has 2 rings (SSSR count). The molecule has 4 heteroatoms. The zero-order chi connectivity index (χ0) is 9.80. The Morgan fingerprint density at radius 2 is 2.43 bits per heavy atom. The standard InChI is InChI=1S/C10H13N3O/c1-13-5-4-12-10(13)8-11-7-9-3-2-6-14-9/h2-6,11H,7-8H2,1H3. The highest BCUT2D eigenvalue weighted by atomic mass is 16.3. The van der Waals surface area contributed by atoms with Crippen LogP contribution in [-0.2, 0) is 20.1 Å². The second-order valence-electron chi connectivity index (χ2n) is 3.14. The Balaban J connectivity index is 1.81. The molecular weight excluding hydrogens is 178 g/mol. The quantitative estimate of drug-likeness (QED) is 0.792. The van der Waals surface area contributed by atoms with Gasteiger partial charge >= 0.3 is 0 Å². The van der Waals surface area contributed by atoms with Gasteiger partial charge in [0.25, 0.3) is 0 Å². The summed E-state index contributed by atoms with van der Waals surface area (Å²) in [4.78, 5) is 4.20. The van der Waals surface area contributed by atoms with Crippen LogP contribution in [0.4, 0.5) is 0 Å². The Hall–Kier alpha value is -1.55. The van der Waals surface area contributed by atoms with E-state index in [9.17, 15) is 0 Å². The van der Waals surface area contributed by atoms with Crippen molar-refractivity contribution in [3.05, 3.63) is 42.4 Å². The van der Waals surface area contributed by atoms with Crippen LogP contribution in [0.2, 0.25) is 0 Å². The number of nitrogens with zero attached hydrogens (tertiary/aromatic N) is 2. The first kappa shape index (κ1) is 9.02. The maximum atomic E-state index is 5.19. The van der Waals surface area contributed by atoms with Gasteiger partial charge in [-0.1, -0.05) is 0 Å². The fourth-order valence-electron chi connectivity index (χ4n) is 1.28. The van der Waals surface area contributed by atoms with E-state index in [1.54, 1.807) is 12.5 Å². The molecule has 0 fully saturated rings. The lowest BCUT2D eigenvalue weighted by Crippen LogP contribution is -2.15. The third kappa shape index (κ3) is 2.03. The molecule has 0 unspecified atom stereocenters. The average molecular weight is 191 g/mol. The van der Waals surface area contributed by atoms with Gasteiger partial charge in [0, 0.05) is 19.4 Å². The monoisotopic (exact) mass is 191 g/mol. The van der Waals surface area contributed by atoms with Crippen molar-refractivity contribution in [3.8, 4) is 0 Å². The van der Waals surface area contributed by atoms with E-state index >= 15 is 0 Å². The van der Waals surface area contributed by atoms with Gasteiger partial charge < -0.3 is 14.3 Å². The first-order valence-electron chi connectivity index (χ1n) is 4.55. The molecule has 1 N–H and O–H groups in total. The summed E-state index contributed by atoms with van der Waals surface area (Å²) >= 11 is 0. The van der Waals surface area contributed by atoms with Crippen molar-refractivity contribution in [3.63, 3.8) is 0 Å². The van der Waals surface area contributed by atoms with Crippen molar-refractivity contribution in [1.29, 1.82) is 0 Å². The van der Waals surface area contributed by atoms with E-state index in [0.29, 0.717) is 0 Å². The summed E-state index contributed by atoms with van der Waals surface area (Å²) in [5.41, 5.74) is 0. The van der Waals surface area contributed by atoms with E-state index in [1.807, 2.05) is 29.9 Å². The molecule has 0 aromatic carbocycles. The van der Waals surface area contributed by atoms with Crippen LogP contribution in [-0.4, -0.2) is 9.55 Å². The van der Waals surface area contributed by atoms with Crippen LogP contribution in [0.5, 0.6) is 0 Å². The molecule has 74 valence electrons. The molecule has 4 nitrogen and oxygen atoms in total. The van der Waals surface area contributed by atoms with Crippen molar-refractivity contribution < 1.29 is 4.42 Å². The first-order chi connectivity index (χ1) is 6.86. The smallest absolute Gasteiger partial charge is 0.122 e. The van der Waals surface area contributed by atoms with Crippen molar-refractivity contribution >= 4 is 0 Å². The second kappa shape index (κ2) is 4.11. The summed E-state index contributed by atoms with van der Waals surface area (Å²) < 4.78 is 7.19. The van der Waals surface area contributed by atoms with Crippen LogP contribution in [0.3, 0.4) is 0 Å². The van der Waals surface area contributed by atoms with Crippen LogP contribution < -0.4 is 5.32 Å². The van der Waals surface area contributed by atoms with Gasteiger partial charge in [-0.25, -0.2) is 4.98 Å². The zero-order valence-electron chi connectivity index (χ0n) is 8.10. The molecule has 0 aliphatic heterocycles. The Kier molecular flexibility index (Phi) is 2.65. The summed E-state index contributed by atoms with van der Waals surface area (Å²) in [6.07, 6.45) is 5.41. The fraction of sp³-hybridized carbons (Fsp3) is 0.300. The van der Waals surface area contributed by atoms with Crippen LogP contribution in [0.1, 0.15) is 11.6 Å². The van der Waals surface area contributed by atoms with E-state index in [-0.39, 0.29) is 0 Å². The third-order valence-electron chi connectivity index (χ3n) is 2.08. The minimum atomic E-state index is 0.736. The second-order valence-corrected chi connectivity index (χ2v) is 3.14. The molecule has 0 aliphatic rings. The maximum Gasteiger partial charge on any atom is 0.122 e. The summed E-state index contributed by atoms with van der Waals surface area (Å²) in [6.45, 7) is 1.49. The molecule has 2 heterocycles. The highest BCUT2D eigenvalue weighted by Gasteiger charge is 1.99. The number of aryl methyl sites for hydroxylation is 1. The SMILES string of the molecule is Cn1ccnc1CNCc1ccco1. The van der Waals surface area contributed by atoms with E-state index < -0.39 is 0 Å². The average Bonchev–Trinajstić information content (AvgIpc) is 2.78. The van der Waals surface area contributed by atoms with Gasteiger partial charge in [0.1, 0.15) is 11.6 Å². The molecule has 14 heavy (non-hydrogen) atoms. The van der Waals surface area contributed by atoms with E-state index in [2.05, 4.69) is 10.3 Å². The molecule has 0 radical (unpaired) electrons. The summed E-state index contributed by atoms with van der Waals surface area (Å²) in [7, 11) is 1.98. The topological polar surface area (TPSA) is 43.0 Å². The predicted molar refractivity (Wildman–Crippen MR) is 52.5 cm³/mol. The molecular formula is C10H13N3O. The van der Waals surface area contributed by atoms with Gasteiger partial charge in [-0.3, -0.25) is 0 Å². The predicted octanol–water partition coefficient (Wildman–Crippen LogP) is 1.30. The highest BCUT2D eigenvalue weighted by molar-refractivity contribution is 4.98. The molecule has 0 spiro atoms. The van der Waals surface area contributed by atoms with Crippen LogP contribution >= 0.6 is 0 Å². The van der Waals surface area contributed by atoms with Gasteiger partial charge in [0.2, 0.25) is 0 Å².